The molecule has 3 aromatic rings. The van der Waals surface area contributed by atoms with Crippen molar-refractivity contribution in [3.8, 4) is 11.5 Å². The summed E-state index contributed by atoms with van der Waals surface area (Å²) in [5.41, 5.74) is 3.77. The molecule has 0 unspecified atom stereocenters. The van der Waals surface area contributed by atoms with Crippen LogP contribution in [0.1, 0.15) is 23.5 Å². The highest BCUT2D eigenvalue weighted by Crippen LogP contribution is 2.37. The average molecular weight is 353 g/mol. The van der Waals surface area contributed by atoms with E-state index in [0.717, 1.165) is 53.2 Å². The van der Waals surface area contributed by atoms with E-state index in [1.54, 1.807) is 0 Å². The second kappa shape index (κ2) is 6.26. The number of likely N-dealkylation sites (tertiary alicyclic amines) is 1. The largest absolute Gasteiger partial charge is 0.454 e. The van der Waals surface area contributed by atoms with E-state index in [1.807, 2.05) is 36.4 Å². The zero-order valence-corrected chi connectivity index (χ0v) is 14.2. The molecule has 1 N–H and O–H groups in total. The van der Waals surface area contributed by atoms with Gasteiger partial charge in [0.1, 0.15) is 11.0 Å². The number of rotatable bonds is 3. The summed E-state index contributed by atoms with van der Waals surface area (Å²) < 4.78 is 15.6. The molecular weight excluding hydrogens is 334 g/mol. The smallest absolute Gasteiger partial charge is 0.231 e. The number of hydrogen-bond acceptors (Lipinski definition) is 7. The molecule has 2 aliphatic rings. The number of hydrogen-bond donors (Lipinski definition) is 1. The van der Waals surface area contributed by atoms with E-state index in [4.69, 9.17) is 14.1 Å². The van der Waals surface area contributed by atoms with Gasteiger partial charge in [0, 0.05) is 19.0 Å². The Morgan fingerprint density at radius 1 is 1.04 bits per heavy atom. The Kier molecular flexibility index (Phi) is 3.76. The van der Waals surface area contributed by atoms with Gasteiger partial charge in [-0.3, -0.25) is 4.90 Å². The quantitative estimate of drug-likeness (QED) is 0.774. The summed E-state index contributed by atoms with van der Waals surface area (Å²) in [6, 6.07) is 11.9. The summed E-state index contributed by atoms with van der Waals surface area (Å²) in [6.07, 6.45) is 0.482. The van der Waals surface area contributed by atoms with Crippen LogP contribution in [-0.2, 0) is 6.54 Å². The molecule has 2 aromatic carbocycles. The van der Waals surface area contributed by atoms with Crippen LogP contribution in [0.4, 0.5) is 0 Å². The van der Waals surface area contributed by atoms with Crippen LogP contribution in [0.3, 0.4) is 0 Å². The number of piperidine rings is 1. The number of aromatic nitrogens is 2. The van der Waals surface area contributed by atoms with Crippen molar-refractivity contribution in [2.75, 3.05) is 19.9 Å². The van der Waals surface area contributed by atoms with Crippen LogP contribution >= 0.6 is 0 Å². The van der Waals surface area contributed by atoms with Gasteiger partial charge in [-0.05, 0) is 58.7 Å². The van der Waals surface area contributed by atoms with Gasteiger partial charge < -0.3 is 14.6 Å². The predicted octanol–water partition coefficient (Wildman–Crippen LogP) is 2.30. The fraction of sp³-hybridized carbons (Fsp3) is 0.368. The first-order valence-corrected chi connectivity index (χ1v) is 8.77. The summed E-state index contributed by atoms with van der Waals surface area (Å²) in [5.74, 6) is 1.66. The molecule has 0 spiro atoms. The SMILES string of the molecule is O[C@@H]1CN(Cc2ccc3nonc3c2)CC[C@H]1c1ccc2c(c1)OCO2. The van der Waals surface area contributed by atoms with Crippen LogP contribution in [0.2, 0.25) is 0 Å². The van der Waals surface area contributed by atoms with E-state index in [1.165, 1.54) is 0 Å². The van der Waals surface area contributed by atoms with Gasteiger partial charge in [0.2, 0.25) is 6.79 Å². The second-order valence-electron chi connectivity index (χ2n) is 6.90. The molecule has 134 valence electrons. The molecule has 0 saturated carbocycles. The van der Waals surface area contributed by atoms with Crippen molar-refractivity contribution in [1.82, 2.24) is 15.2 Å². The van der Waals surface area contributed by atoms with E-state index in [-0.39, 0.29) is 12.7 Å². The maximum atomic E-state index is 10.7. The summed E-state index contributed by atoms with van der Waals surface area (Å²) in [4.78, 5) is 2.27. The minimum absolute atomic E-state index is 0.114. The summed E-state index contributed by atoms with van der Waals surface area (Å²) >= 11 is 0. The van der Waals surface area contributed by atoms with Crippen molar-refractivity contribution >= 4 is 11.0 Å². The highest BCUT2D eigenvalue weighted by Gasteiger charge is 2.30. The van der Waals surface area contributed by atoms with Crippen LogP contribution in [0.5, 0.6) is 11.5 Å². The number of β-amino-alcohol motifs (C(OH)–C–C–N with tert-alkyl or cyclic N) is 1. The molecule has 7 heteroatoms. The van der Waals surface area contributed by atoms with Crippen molar-refractivity contribution in [1.29, 1.82) is 0 Å². The molecule has 0 aliphatic carbocycles. The molecule has 26 heavy (non-hydrogen) atoms. The van der Waals surface area contributed by atoms with Crippen molar-refractivity contribution < 1.29 is 19.2 Å². The van der Waals surface area contributed by atoms with Crippen LogP contribution in [0.15, 0.2) is 41.0 Å². The Labute approximate surface area is 150 Å². The van der Waals surface area contributed by atoms with E-state index in [9.17, 15) is 5.11 Å². The molecule has 0 amide bonds. The van der Waals surface area contributed by atoms with Crippen LogP contribution in [0, 0.1) is 0 Å². The first-order chi connectivity index (χ1) is 12.8. The van der Waals surface area contributed by atoms with Gasteiger partial charge in [0.25, 0.3) is 0 Å². The molecule has 7 nitrogen and oxygen atoms in total. The zero-order chi connectivity index (χ0) is 17.5. The normalized spacial score (nSPS) is 22.8. The third-order valence-corrected chi connectivity index (χ3v) is 5.22. The summed E-state index contributed by atoms with van der Waals surface area (Å²) in [7, 11) is 0. The Morgan fingerprint density at radius 3 is 2.85 bits per heavy atom. The van der Waals surface area contributed by atoms with Crippen LogP contribution in [-0.4, -0.2) is 46.3 Å². The number of aliphatic hydroxyl groups is 1. The molecule has 0 bridgehead atoms. The van der Waals surface area contributed by atoms with Crippen LogP contribution < -0.4 is 9.47 Å². The van der Waals surface area contributed by atoms with E-state index in [2.05, 4.69) is 15.2 Å². The minimum atomic E-state index is -0.415. The van der Waals surface area contributed by atoms with Crippen molar-refractivity contribution in [3.05, 3.63) is 47.5 Å². The Morgan fingerprint density at radius 2 is 1.92 bits per heavy atom. The minimum Gasteiger partial charge on any atom is -0.454 e. The highest BCUT2D eigenvalue weighted by atomic mass is 16.7. The number of nitrogens with zero attached hydrogens (tertiary/aromatic N) is 3. The number of fused-ring (bicyclic) bond motifs is 2. The molecule has 0 radical (unpaired) electrons. The van der Waals surface area contributed by atoms with Gasteiger partial charge in [-0.25, -0.2) is 4.63 Å². The lowest BCUT2D eigenvalue weighted by molar-refractivity contribution is 0.0476. The molecule has 5 rings (SSSR count). The monoisotopic (exact) mass is 353 g/mol. The molecular formula is C19H19N3O4. The van der Waals surface area contributed by atoms with Crippen molar-refractivity contribution in [2.24, 2.45) is 0 Å². The number of ether oxygens (including phenoxy) is 2. The molecule has 1 saturated heterocycles. The maximum Gasteiger partial charge on any atom is 0.231 e. The van der Waals surface area contributed by atoms with Gasteiger partial charge in [-0.1, -0.05) is 12.1 Å². The van der Waals surface area contributed by atoms with E-state index >= 15 is 0 Å². The first-order valence-electron chi connectivity index (χ1n) is 8.77. The van der Waals surface area contributed by atoms with E-state index in [0.29, 0.717) is 6.54 Å². The topological polar surface area (TPSA) is 80.9 Å². The summed E-state index contributed by atoms with van der Waals surface area (Å²) in [5, 5.41) is 18.4. The first kappa shape index (κ1) is 15.6. The Hall–Kier alpha value is -2.64. The Balaban J connectivity index is 1.28. The predicted molar refractivity (Wildman–Crippen MR) is 93.0 cm³/mol. The Bertz CT molecular complexity index is 941. The lowest BCUT2D eigenvalue weighted by atomic mass is 9.86. The van der Waals surface area contributed by atoms with Gasteiger partial charge >= 0.3 is 0 Å². The average Bonchev–Trinajstić information content (AvgIpc) is 3.29. The van der Waals surface area contributed by atoms with Gasteiger partial charge in [0.05, 0.1) is 6.10 Å². The number of benzene rings is 2. The van der Waals surface area contributed by atoms with Gasteiger partial charge in [0.15, 0.2) is 11.5 Å². The standard InChI is InChI=1S/C19H19N3O4/c23-17-10-22(9-12-1-3-15-16(7-12)21-26-20-15)6-5-14(17)13-2-4-18-19(8-13)25-11-24-18/h1-4,7-8,14,17,23H,5-6,9-11H2/t14-,17+/m0/s1. The fourth-order valence-electron chi connectivity index (χ4n) is 3.86. The zero-order valence-electron chi connectivity index (χ0n) is 14.2. The molecule has 3 heterocycles. The van der Waals surface area contributed by atoms with Crippen molar-refractivity contribution in [2.45, 2.75) is 25.0 Å². The fourth-order valence-corrected chi connectivity index (χ4v) is 3.86. The number of aliphatic hydroxyl groups excluding tert-OH is 1. The second-order valence-corrected chi connectivity index (χ2v) is 6.90. The highest BCUT2D eigenvalue weighted by molar-refractivity contribution is 5.73. The van der Waals surface area contributed by atoms with Crippen LogP contribution in [0.25, 0.3) is 11.0 Å². The third kappa shape index (κ3) is 2.79. The molecule has 1 aromatic heterocycles. The maximum absolute atomic E-state index is 10.7. The van der Waals surface area contributed by atoms with Gasteiger partial charge in [-0.2, -0.15) is 0 Å². The third-order valence-electron chi connectivity index (χ3n) is 5.22. The molecule has 2 aliphatic heterocycles. The lowest BCUT2D eigenvalue weighted by Crippen LogP contribution is -2.42. The summed E-state index contributed by atoms with van der Waals surface area (Å²) in [6.45, 7) is 2.60. The van der Waals surface area contributed by atoms with Gasteiger partial charge in [-0.15, -0.1) is 0 Å². The van der Waals surface area contributed by atoms with Crippen molar-refractivity contribution in [3.63, 3.8) is 0 Å². The lowest BCUT2D eigenvalue weighted by Gasteiger charge is -2.36. The molecule has 2 atom stereocenters. The molecule has 1 fully saturated rings. The van der Waals surface area contributed by atoms with E-state index < -0.39 is 6.10 Å².